The molecule has 0 radical (unpaired) electrons. The van der Waals surface area contributed by atoms with Gasteiger partial charge in [0.1, 0.15) is 11.4 Å². The highest BCUT2D eigenvalue weighted by Crippen LogP contribution is 2.17. The Balaban J connectivity index is 2.72. The third kappa shape index (κ3) is 4.53. The summed E-state index contributed by atoms with van der Waals surface area (Å²) in [6.07, 6.45) is -0.498. The predicted octanol–water partition coefficient (Wildman–Crippen LogP) is 3.85. The zero-order valence-corrected chi connectivity index (χ0v) is 11.7. The van der Waals surface area contributed by atoms with Crippen LogP contribution < -0.4 is 0 Å². The molecule has 100 valence electrons. The summed E-state index contributed by atoms with van der Waals surface area (Å²) in [5.41, 5.74) is -0.214. The first kappa shape index (κ1) is 14.8. The number of ether oxygens (including phenoxy) is 1. The van der Waals surface area contributed by atoms with Crippen LogP contribution in [-0.4, -0.2) is 23.6 Å². The van der Waals surface area contributed by atoms with Gasteiger partial charge < -0.3 is 9.64 Å². The second-order valence-electron chi connectivity index (χ2n) is 5.07. The van der Waals surface area contributed by atoms with Crippen LogP contribution in [0.1, 0.15) is 26.3 Å². The van der Waals surface area contributed by atoms with Crippen molar-refractivity contribution in [3.05, 3.63) is 34.6 Å². The van der Waals surface area contributed by atoms with E-state index in [-0.39, 0.29) is 6.54 Å². The zero-order valence-electron chi connectivity index (χ0n) is 11.0. The van der Waals surface area contributed by atoms with E-state index < -0.39 is 17.5 Å². The van der Waals surface area contributed by atoms with Crippen LogP contribution in [-0.2, 0) is 11.3 Å². The maximum Gasteiger partial charge on any atom is 0.410 e. The molecule has 18 heavy (non-hydrogen) atoms. The van der Waals surface area contributed by atoms with Gasteiger partial charge in [-0.15, -0.1) is 0 Å². The van der Waals surface area contributed by atoms with E-state index in [1.807, 2.05) is 0 Å². The number of hydrogen-bond acceptors (Lipinski definition) is 2. The summed E-state index contributed by atoms with van der Waals surface area (Å²) in [7, 11) is 1.55. The van der Waals surface area contributed by atoms with Gasteiger partial charge in [-0.2, -0.15) is 0 Å². The second-order valence-corrected chi connectivity index (χ2v) is 5.51. The second kappa shape index (κ2) is 5.57. The van der Waals surface area contributed by atoms with E-state index in [4.69, 9.17) is 16.3 Å². The Labute approximate surface area is 111 Å². The fourth-order valence-corrected chi connectivity index (χ4v) is 1.52. The molecule has 1 amide bonds. The monoisotopic (exact) mass is 273 g/mol. The molecule has 1 rings (SSSR count). The normalized spacial score (nSPS) is 11.2. The quantitative estimate of drug-likeness (QED) is 0.819. The van der Waals surface area contributed by atoms with Crippen LogP contribution in [0.25, 0.3) is 0 Å². The Morgan fingerprint density at radius 1 is 1.44 bits per heavy atom. The minimum Gasteiger partial charge on any atom is -0.444 e. The Bertz CT molecular complexity index is 443. The van der Waals surface area contributed by atoms with Crippen LogP contribution in [0.5, 0.6) is 0 Å². The van der Waals surface area contributed by atoms with E-state index in [2.05, 4.69) is 0 Å². The van der Waals surface area contributed by atoms with Crippen LogP contribution in [0.4, 0.5) is 9.18 Å². The molecule has 0 unspecified atom stereocenters. The number of hydrogen-bond donors (Lipinski definition) is 0. The summed E-state index contributed by atoms with van der Waals surface area (Å²) in [6, 6.07) is 4.24. The molecular formula is C13H17ClFNO2. The first-order valence-corrected chi connectivity index (χ1v) is 5.95. The molecule has 1 aromatic carbocycles. The van der Waals surface area contributed by atoms with E-state index in [1.165, 1.54) is 23.1 Å². The minimum atomic E-state index is -0.571. The van der Waals surface area contributed by atoms with Crippen LogP contribution in [0.2, 0.25) is 5.02 Å². The molecule has 0 saturated carbocycles. The molecule has 5 heteroatoms. The number of carbonyl (C=O) groups excluding carboxylic acids is 1. The third-order valence-corrected chi connectivity index (χ3v) is 2.36. The van der Waals surface area contributed by atoms with Crippen LogP contribution in [0.15, 0.2) is 18.2 Å². The van der Waals surface area contributed by atoms with E-state index in [9.17, 15) is 9.18 Å². The molecule has 0 fully saturated rings. The number of rotatable bonds is 2. The van der Waals surface area contributed by atoms with Crippen molar-refractivity contribution in [3.8, 4) is 0 Å². The molecule has 0 aromatic heterocycles. The molecule has 3 nitrogen and oxygen atoms in total. The van der Waals surface area contributed by atoms with Crippen LogP contribution in [0.3, 0.4) is 0 Å². The summed E-state index contributed by atoms with van der Waals surface area (Å²) in [4.78, 5) is 13.0. The van der Waals surface area contributed by atoms with Crippen molar-refractivity contribution in [1.82, 2.24) is 4.90 Å². The summed E-state index contributed by atoms with van der Waals surface area (Å²) >= 11 is 5.78. The van der Waals surface area contributed by atoms with Crippen molar-refractivity contribution in [2.45, 2.75) is 32.9 Å². The van der Waals surface area contributed by atoms with Gasteiger partial charge in [0.2, 0.25) is 0 Å². The Kier molecular flexibility index (Phi) is 4.57. The highest BCUT2D eigenvalue weighted by molar-refractivity contribution is 6.30. The number of amides is 1. The largest absolute Gasteiger partial charge is 0.444 e. The fourth-order valence-electron chi connectivity index (χ4n) is 1.32. The Morgan fingerprint density at radius 2 is 2.06 bits per heavy atom. The lowest BCUT2D eigenvalue weighted by atomic mass is 10.2. The molecule has 0 N–H and O–H groups in total. The van der Waals surface area contributed by atoms with Gasteiger partial charge in [-0.3, -0.25) is 0 Å². The van der Waals surface area contributed by atoms with Gasteiger partial charge in [0, 0.05) is 17.6 Å². The van der Waals surface area contributed by atoms with Gasteiger partial charge in [-0.25, -0.2) is 9.18 Å². The van der Waals surface area contributed by atoms with Crippen molar-refractivity contribution in [2.75, 3.05) is 7.05 Å². The number of benzene rings is 1. The zero-order chi connectivity index (χ0) is 13.9. The predicted molar refractivity (Wildman–Crippen MR) is 69.1 cm³/mol. The van der Waals surface area contributed by atoms with Crippen molar-refractivity contribution in [3.63, 3.8) is 0 Å². The summed E-state index contributed by atoms with van der Waals surface area (Å²) < 4.78 is 18.7. The number of nitrogens with zero attached hydrogens (tertiary/aromatic N) is 1. The third-order valence-electron chi connectivity index (χ3n) is 2.12. The molecule has 0 atom stereocenters. The maximum atomic E-state index is 13.5. The summed E-state index contributed by atoms with van der Waals surface area (Å²) in [5.74, 6) is -0.394. The van der Waals surface area contributed by atoms with E-state index in [1.54, 1.807) is 27.8 Å². The van der Waals surface area contributed by atoms with Gasteiger partial charge >= 0.3 is 6.09 Å². The van der Waals surface area contributed by atoms with E-state index >= 15 is 0 Å². The number of carbonyl (C=O) groups is 1. The van der Waals surface area contributed by atoms with Gasteiger partial charge in [-0.05, 0) is 39.0 Å². The number of halogens is 2. The molecule has 0 saturated heterocycles. The SMILES string of the molecule is CN(Cc1cc(Cl)ccc1F)C(=O)OC(C)(C)C. The highest BCUT2D eigenvalue weighted by Gasteiger charge is 2.20. The van der Waals surface area contributed by atoms with E-state index in [0.29, 0.717) is 10.6 Å². The lowest BCUT2D eigenvalue weighted by Crippen LogP contribution is -2.34. The summed E-state index contributed by atoms with van der Waals surface area (Å²) in [5, 5.41) is 0.434. The smallest absolute Gasteiger partial charge is 0.410 e. The lowest BCUT2D eigenvalue weighted by Gasteiger charge is -2.24. The Hall–Kier alpha value is -1.29. The molecule has 0 spiro atoms. The van der Waals surface area contributed by atoms with Gasteiger partial charge in [-0.1, -0.05) is 11.6 Å². The lowest BCUT2D eigenvalue weighted by molar-refractivity contribution is 0.0284. The van der Waals surface area contributed by atoms with Crippen molar-refractivity contribution in [1.29, 1.82) is 0 Å². The van der Waals surface area contributed by atoms with Crippen molar-refractivity contribution < 1.29 is 13.9 Å². The molecular weight excluding hydrogens is 257 g/mol. The van der Waals surface area contributed by atoms with Crippen molar-refractivity contribution >= 4 is 17.7 Å². The topological polar surface area (TPSA) is 29.5 Å². The first-order valence-electron chi connectivity index (χ1n) is 5.57. The van der Waals surface area contributed by atoms with Gasteiger partial charge in [0.05, 0.1) is 6.54 Å². The molecule has 0 aliphatic heterocycles. The average Bonchev–Trinajstić information content (AvgIpc) is 2.21. The molecule has 0 aliphatic rings. The van der Waals surface area contributed by atoms with Crippen LogP contribution in [0, 0.1) is 5.82 Å². The first-order chi connectivity index (χ1) is 8.19. The average molecular weight is 274 g/mol. The van der Waals surface area contributed by atoms with Gasteiger partial charge in [0.15, 0.2) is 0 Å². The highest BCUT2D eigenvalue weighted by atomic mass is 35.5. The van der Waals surface area contributed by atoms with Crippen LogP contribution >= 0.6 is 11.6 Å². The molecule has 0 bridgehead atoms. The van der Waals surface area contributed by atoms with Gasteiger partial charge in [0.25, 0.3) is 0 Å². The summed E-state index contributed by atoms with van der Waals surface area (Å²) in [6.45, 7) is 5.44. The molecule has 1 aromatic rings. The maximum absolute atomic E-state index is 13.5. The molecule has 0 aliphatic carbocycles. The Morgan fingerprint density at radius 3 is 2.61 bits per heavy atom. The molecule has 0 heterocycles. The van der Waals surface area contributed by atoms with E-state index in [0.717, 1.165) is 0 Å². The minimum absolute atomic E-state index is 0.112. The van der Waals surface area contributed by atoms with Crippen molar-refractivity contribution in [2.24, 2.45) is 0 Å². The fraction of sp³-hybridized carbons (Fsp3) is 0.462. The standard InChI is InChI=1S/C13H17ClFNO2/c1-13(2,3)18-12(17)16(4)8-9-7-10(14)5-6-11(9)15/h5-7H,8H2,1-4H3.